The van der Waals surface area contributed by atoms with Gasteiger partial charge >= 0.3 is 0 Å². The van der Waals surface area contributed by atoms with E-state index in [4.69, 9.17) is 12.2 Å². The summed E-state index contributed by atoms with van der Waals surface area (Å²) in [7, 11) is 0. The quantitative estimate of drug-likeness (QED) is 0.394. The van der Waals surface area contributed by atoms with E-state index in [2.05, 4.69) is 23.1 Å². The van der Waals surface area contributed by atoms with Crippen LogP contribution in [0, 0.1) is 5.92 Å². The van der Waals surface area contributed by atoms with Gasteiger partial charge in [-0.1, -0.05) is 66.4 Å². The van der Waals surface area contributed by atoms with Crippen LogP contribution in [-0.4, -0.2) is 43.1 Å². The zero-order valence-corrected chi connectivity index (χ0v) is 19.6. The molecule has 0 spiro atoms. The molecule has 166 valence electrons. The first-order chi connectivity index (χ1) is 16.1. The summed E-state index contributed by atoms with van der Waals surface area (Å²) in [5.41, 5.74) is 3.07. The molecule has 4 heterocycles. The second-order valence-electron chi connectivity index (χ2n) is 8.92. The Labute approximate surface area is 201 Å². The number of carbonyl (C=O) groups is 1. The van der Waals surface area contributed by atoms with Gasteiger partial charge < -0.3 is 9.47 Å². The third kappa shape index (κ3) is 3.50. The fraction of sp³-hybridized carbons (Fsp3) is 0.269. The van der Waals surface area contributed by atoms with Crippen LogP contribution in [0.1, 0.15) is 22.8 Å². The summed E-state index contributed by atoms with van der Waals surface area (Å²) >= 11 is 7.22. The highest BCUT2D eigenvalue weighted by molar-refractivity contribution is 8.23. The minimum absolute atomic E-state index is 0.0360. The van der Waals surface area contributed by atoms with Crippen LogP contribution in [0.5, 0.6) is 0 Å². The highest BCUT2D eigenvalue weighted by atomic mass is 32.2. The van der Waals surface area contributed by atoms with E-state index in [0.717, 1.165) is 57.9 Å². The molecule has 2 atom stereocenters. The SMILES string of the molecule is O=C(CSC(=S)N1C[C@@H]2C[C@H](C1)c1cccc(=O)n1C2)n1c2ccccc2c2ccccc21. The van der Waals surface area contributed by atoms with Crippen LogP contribution in [-0.2, 0) is 6.54 Å². The number of hydrogen-bond acceptors (Lipinski definition) is 4. The Morgan fingerprint density at radius 1 is 0.909 bits per heavy atom. The summed E-state index contributed by atoms with van der Waals surface area (Å²) in [5.74, 6) is 1.04. The number of hydrogen-bond donors (Lipinski definition) is 0. The summed E-state index contributed by atoms with van der Waals surface area (Å²) in [4.78, 5) is 27.8. The van der Waals surface area contributed by atoms with E-state index in [-0.39, 0.29) is 11.5 Å². The normalized spacial score (nSPS) is 19.6. The minimum atomic E-state index is 0.0360. The van der Waals surface area contributed by atoms with Gasteiger partial charge in [-0.05, 0) is 30.5 Å². The Bertz CT molecular complexity index is 1420. The molecule has 2 aromatic heterocycles. The number of thiocarbonyl (C=S) groups is 1. The molecule has 6 rings (SSSR count). The predicted octanol–water partition coefficient (Wildman–Crippen LogP) is 4.73. The standard InChI is InChI=1S/C26H23N3O2S2/c30-24-11-5-10-21-18-12-17(14-28(21)24)13-27(15-18)26(32)33-16-25(31)29-22-8-3-1-6-19(22)20-7-2-4-9-23(20)29/h1-11,17-18H,12-16H2/t17-,18+/m0/s1. The van der Waals surface area contributed by atoms with E-state index in [1.807, 2.05) is 51.6 Å². The molecule has 7 heteroatoms. The van der Waals surface area contributed by atoms with Crippen molar-refractivity contribution in [2.75, 3.05) is 18.8 Å². The lowest BCUT2D eigenvalue weighted by Crippen LogP contribution is -2.48. The van der Waals surface area contributed by atoms with Gasteiger partial charge in [0.15, 0.2) is 0 Å². The summed E-state index contributed by atoms with van der Waals surface area (Å²) in [6.45, 7) is 2.39. The van der Waals surface area contributed by atoms with Crippen LogP contribution < -0.4 is 5.56 Å². The van der Waals surface area contributed by atoms with E-state index >= 15 is 0 Å². The van der Waals surface area contributed by atoms with Gasteiger partial charge in [-0.3, -0.25) is 14.2 Å². The van der Waals surface area contributed by atoms with Gasteiger partial charge in [-0.15, -0.1) is 0 Å². The second kappa shape index (κ2) is 8.15. The molecule has 0 N–H and O–H groups in total. The van der Waals surface area contributed by atoms with Crippen LogP contribution in [0.2, 0.25) is 0 Å². The number of para-hydroxylation sites is 2. The molecule has 4 aromatic rings. The molecule has 33 heavy (non-hydrogen) atoms. The average Bonchev–Trinajstić information content (AvgIpc) is 3.17. The van der Waals surface area contributed by atoms with Crippen molar-refractivity contribution >= 4 is 56.0 Å². The predicted molar refractivity (Wildman–Crippen MR) is 138 cm³/mol. The smallest absolute Gasteiger partial charge is 0.250 e. The molecule has 5 nitrogen and oxygen atoms in total. The van der Waals surface area contributed by atoms with Gasteiger partial charge in [0.05, 0.1) is 16.8 Å². The molecule has 1 fully saturated rings. The van der Waals surface area contributed by atoms with Gasteiger partial charge in [0.1, 0.15) is 4.32 Å². The lowest BCUT2D eigenvalue weighted by molar-refractivity contribution is 0.0951. The Hall–Kier alpha value is -2.90. The van der Waals surface area contributed by atoms with Gasteiger partial charge in [0, 0.05) is 48.1 Å². The highest BCUT2D eigenvalue weighted by Gasteiger charge is 2.35. The number of likely N-dealkylation sites (tertiary alicyclic amines) is 1. The molecule has 2 bridgehead atoms. The van der Waals surface area contributed by atoms with E-state index < -0.39 is 0 Å². The number of rotatable bonds is 2. The summed E-state index contributed by atoms with van der Waals surface area (Å²) in [5, 5.41) is 2.18. The van der Waals surface area contributed by atoms with Crippen LogP contribution in [0.25, 0.3) is 21.8 Å². The summed E-state index contributed by atoms with van der Waals surface area (Å²) in [6, 6.07) is 21.6. The van der Waals surface area contributed by atoms with Crippen molar-refractivity contribution in [2.24, 2.45) is 5.92 Å². The Balaban J connectivity index is 1.21. The molecule has 0 aliphatic carbocycles. The topological polar surface area (TPSA) is 47.2 Å². The molecular formula is C26H23N3O2S2. The largest absolute Gasteiger partial charge is 0.356 e. The van der Waals surface area contributed by atoms with E-state index in [9.17, 15) is 9.59 Å². The number of nitrogens with zero attached hydrogens (tertiary/aromatic N) is 3. The van der Waals surface area contributed by atoms with E-state index in [0.29, 0.717) is 17.6 Å². The molecular weight excluding hydrogens is 450 g/mol. The maximum Gasteiger partial charge on any atom is 0.250 e. The minimum Gasteiger partial charge on any atom is -0.356 e. The van der Waals surface area contributed by atoms with Crippen molar-refractivity contribution in [3.8, 4) is 0 Å². The average molecular weight is 474 g/mol. The maximum atomic E-state index is 13.3. The fourth-order valence-corrected chi connectivity index (χ4v) is 6.55. The molecule has 0 amide bonds. The monoisotopic (exact) mass is 473 g/mol. The van der Waals surface area contributed by atoms with Gasteiger partial charge in [0.2, 0.25) is 5.91 Å². The summed E-state index contributed by atoms with van der Waals surface area (Å²) in [6.07, 6.45) is 1.09. The van der Waals surface area contributed by atoms with Crippen LogP contribution in [0.15, 0.2) is 71.5 Å². The van der Waals surface area contributed by atoms with Crippen molar-refractivity contribution in [3.05, 3.63) is 82.8 Å². The molecule has 0 unspecified atom stereocenters. The second-order valence-corrected chi connectivity index (χ2v) is 10.5. The molecule has 1 saturated heterocycles. The maximum absolute atomic E-state index is 13.3. The third-order valence-electron chi connectivity index (χ3n) is 6.89. The number of fused-ring (bicyclic) bond motifs is 7. The van der Waals surface area contributed by atoms with Crippen molar-refractivity contribution in [1.29, 1.82) is 0 Å². The number of pyridine rings is 1. The molecule has 0 radical (unpaired) electrons. The molecule has 2 aliphatic rings. The van der Waals surface area contributed by atoms with E-state index in [1.165, 1.54) is 11.8 Å². The lowest BCUT2D eigenvalue weighted by Gasteiger charge is -2.43. The van der Waals surface area contributed by atoms with Gasteiger partial charge in [-0.25, -0.2) is 0 Å². The number of benzene rings is 2. The first-order valence-corrected chi connectivity index (χ1v) is 12.6. The zero-order chi connectivity index (χ0) is 22.5. The van der Waals surface area contributed by atoms with Crippen molar-refractivity contribution in [2.45, 2.75) is 18.9 Å². The van der Waals surface area contributed by atoms with Crippen molar-refractivity contribution < 1.29 is 4.79 Å². The van der Waals surface area contributed by atoms with Crippen LogP contribution in [0.4, 0.5) is 0 Å². The number of thioether (sulfide) groups is 1. The third-order valence-corrected chi connectivity index (χ3v) is 8.39. The van der Waals surface area contributed by atoms with Crippen LogP contribution >= 0.6 is 24.0 Å². The molecule has 2 aromatic carbocycles. The number of aromatic nitrogens is 2. The molecule has 2 aliphatic heterocycles. The van der Waals surface area contributed by atoms with Gasteiger partial charge in [0.25, 0.3) is 5.56 Å². The molecule has 0 saturated carbocycles. The first-order valence-electron chi connectivity index (χ1n) is 11.2. The van der Waals surface area contributed by atoms with Crippen molar-refractivity contribution in [1.82, 2.24) is 14.0 Å². The first kappa shape index (κ1) is 20.7. The summed E-state index contributed by atoms with van der Waals surface area (Å²) < 4.78 is 4.53. The van der Waals surface area contributed by atoms with Gasteiger partial charge in [-0.2, -0.15) is 0 Å². The number of carbonyl (C=O) groups excluding carboxylic acids is 1. The Morgan fingerprint density at radius 3 is 2.33 bits per heavy atom. The Kier molecular flexibility index (Phi) is 5.11. The fourth-order valence-electron chi connectivity index (χ4n) is 5.52. The van der Waals surface area contributed by atoms with Crippen LogP contribution in [0.3, 0.4) is 0 Å². The number of piperidine rings is 1. The zero-order valence-electron chi connectivity index (χ0n) is 18.0. The van der Waals surface area contributed by atoms with Crippen molar-refractivity contribution in [3.63, 3.8) is 0 Å². The van der Waals surface area contributed by atoms with E-state index in [1.54, 1.807) is 6.07 Å². The highest BCUT2D eigenvalue weighted by Crippen LogP contribution is 2.36. The Morgan fingerprint density at radius 2 is 1.61 bits per heavy atom. The lowest BCUT2D eigenvalue weighted by atomic mass is 9.83.